The Balaban J connectivity index is 1.78. The standard InChI is InChI=1S/C23H21F3N6O2/c1-3-18-20(16-6-4-5-7-17(16)27)21(34)32-22(28-13(2)30-32)31(18)12-19(33)29-15-10-8-14(9-11-15)23(24,25)26/h4-11H,3,12,27H2,1-2H3,(H,29,33). The zero-order valence-corrected chi connectivity index (χ0v) is 18.3. The highest BCUT2D eigenvalue weighted by Gasteiger charge is 2.30. The van der Waals surface area contributed by atoms with Crippen LogP contribution in [0.25, 0.3) is 16.9 Å². The molecule has 2 aromatic heterocycles. The van der Waals surface area contributed by atoms with Crippen LogP contribution >= 0.6 is 0 Å². The number of nitrogens with two attached hydrogens (primary N) is 1. The number of hydrogen-bond donors (Lipinski definition) is 2. The highest BCUT2D eigenvalue weighted by molar-refractivity contribution is 5.91. The van der Waals surface area contributed by atoms with Crippen molar-refractivity contribution in [1.82, 2.24) is 19.2 Å². The average molecular weight is 470 g/mol. The average Bonchev–Trinajstić information content (AvgIpc) is 3.18. The number of nitrogens with zero attached hydrogens (tertiary/aromatic N) is 4. The molecule has 2 aromatic carbocycles. The number of fused-ring (bicyclic) bond motifs is 1. The number of nitrogen functional groups attached to an aromatic ring is 1. The van der Waals surface area contributed by atoms with Crippen molar-refractivity contribution < 1.29 is 18.0 Å². The summed E-state index contributed by atoms with van der Waals surface area (Å²) in [5.41, 5.74) is 6.86. The zero-order chi connectivity index (χ0) is 24.6. The fraction of sp³-hybridized carbons (Fsp3) is 0.217. The molecule has 0 aliphatic heterocycles. The van der Waals surface area contributed by atoms with Gasteiger partial charge in [0, 0.05) is 22.6 Å². The highest BCUT2D eigenvalue weighted by atomic mass is 19.4. The smallest absolute Gasteiger partial charge is 0.398 e. The predicted octanol–water partition coefficient (Wildman–Crippen LogP) is 3.67. The van der Waals surface area contributed by atoms with E-state index >= 15 is 0 Å². The number of amides is 1. The summed E-state index contributed by atoms with van der Waals surface area (Å²) in [6.45, 7) is 3.22. The van der Waals surface area contributed by atoms with E-state index in [0.717, 1.165) is 16.6 Å². The van der Waals surface area contributed by atoms with Crippen LogP contribution in [-0.2, 0) is 23.9 Å². The van der Waals surface area contributed by atoms with Crippen molar-refractivity contribution in [2.24, 2.45) is 0 Å². The van der Waals surface area contributed by atoms with Crippen LogP contribution in [0.15, 0.2) is 53.3 Å². The van der Waals surface area contributed by atoms with Gasteiger partial charge in [-0.25, -0.2) is 0 Å². The molecular weight excluding hydrogens is 449 g/mol. The van der Waals surface area contributed by atoms with Crippen molar-refractivity contribution in [2.75, 3.05) is 11.1 Å². The van der Waals surface area contributed by atoms with Gasteiger partial charge in [-0.15, -0.1) is 5.10 Å². The van der Waals surface area contributed by atoms with Gasteiger partial charge in [0.1, 0.15) is 12.4 Å². The highest BCUT2D eigenvalue weighted by Crippen LogP contribution is 2.30. The van der Waals surface area contributed by atoms with Gasteiger partial charge in [0.25, 0.3) is 5.56 Å². The van der Waals surface area contributed by atoms with E-state index in [1.807, 2.05) is 6.92 Å². The minimum Gasteiger partial charge on any atom is -0.398 e. The monoisotopic (exact) mass is 470 g/mol. The SMILES string of the molecule is CCc1c(-c2ccccc2N)c(=O)n2nc(C)nc2n1CC(=O)Nc1ccc(C(F)(F)F)cc1. The first-order valence-electron chi connectivity index (χ1n) is 10.4. The van der Waals surface area contributed by atoms with Crippen LogP contribution in [-0.4, -0.2) is 25.1 Å². The predicted molar refractivity (Wildman–Crippen MR) is 121 cm³/mol. The summed E-state index contributed by atoms with van der Waals surface area (Å²) >= 11 is 0. The molecule has 8 nitrogen and oxygen atoms in total. The van der Waals surface area contributed by atoms with Crippen molar-refractivity contribution in [3.63, 3.8) is 0 Å². The Morgan fingerprint density at radius 3 is 2.41 bits per heavy atom. The number of rotatable bonds is 5. The Kier molecular flexibility index (Phi) is 5.86. The Bertz CT molecular complexity index is 1440. The Hall–Kier alpha value is -4.15. The number of para-hydroxylation sites is 1. The van der Waals surface area contributed by atoms with Gasteiger partial charge in [-0.3, -0.25) is 9.59 Å². The number of carbonyl (C=O) groups is 1. The van der Waals surface area contributed by atoms with Crippen molar-refractivity contribution in [3.05, 3.63) is 76.0 Å². The lowest BCUT2D eigenvalue weighted by Crippen LogP contribution is -2.29. The van der Waals surface area contributed by atoms with Crippen molar-refractivity contribution in [2.45, 2.75) is 33.0 Å². The molecule has 4 rings (SSSR count). The molecule has 0 bridgehead atoms. The maximum atomic E-state index is 13.3. The summed E-state index contributed by atoms with van der Waals surface area (Å²) in [6, 6.07) is 11.0. The Labute approximate surface area is 191 Å². The van der Waals surface area contributed by atoms with Gasteiger partial charge in [-0.05, 0) is 43.7 Å². The lowest BCUT2D eigenvalue weighted by atomic mass is 10.0. The molecule has 2 heterocycles. The third-order valence-corrected chi connectivity index (χ3v) is 5.32. The number of alkyl halides is 3. The Morgan fingerprint density at radius 1 is 1.12 bits per heavy atom. The largest absolute Gasteiger partial charge is 0.416 e. The van der Waals surface area contributed by atoms with E-state index in [2.05, 4.69) is 15.4 Å². The molecule has 11 heteroatoms. The molecule has 0 unspecified atom stereocenters. The first-order valence-corrected chi connectivity index (χ1v) is 10.4. The number of anilines is 2. The number of nitrogens with one attached hydrogen (secondary N) is 1. The quantitative estimate of drug-likeness (QED) is 0.433. The van der Waals surface area contributed by atoms with E-state index in [0.29, 0.717) is 34.8 Å². The zero-order valence-electron chi connectivity index (χ0n) is 18.3. The van der Waals surface area contributed by atoms with E-state index in [4.69, 9.17) is 5.73 Å². The van der Waals surface area contributed by atoms with Crippen molar-refractivity contribution >= 4 is 23.1 Å². The normalized spacial score (nSPS) is 11.7. The third kappa shape index (κ3) is 4.24. The van der Waals surface area contributed by atoms with Gasteiger partial charge in [-0.1, -0.05) is 25.1 Å². The molecule has 3 N–H and O–H groups in total. The van der Waals surface area contributed by atoms with E-state index < -0.39 is 23.2 Å². The fourth-order valence-electron chi connectivity index (χ4n) is 3.82. The molecule has 0 radical (unpaired) electrons. The molecule has 34 heavy (non-hydrogen) atoms. The summed E-state index contributed by atoms with van der Waals surface area (Å²) < 4.78 is 41.1. The fourth-order valence-corrected chi connectivity index (χ4v) is 3.82. The second-order valence-corrected chi connectivity index (χ2v) is 7.65. The van der Waals surface area contributed by atoms with Crippen LogP contribution in [0.4, 0.5) is 24.5 Å². The molecule has 1 amide bonds. The maximum Gasteiger partial charge on any atom is 0.416 e. The van der Waals surface area contributed by atoms with Crippen LogP contribution in [0.2, 0.25) is 0 Å². The summed E-state index contributed by atoms with van der Waals surface area (Å²) in [7, 11) is 0. The summed E-state index contributed by atoms with van der Waals surface area (Å²) in [5, 5.41) is 6.77. The molecule has 0 fully saturated rings. The van der Waals surface area contributed by atoms with E-state index in [1.165, 1.54) is 12.1 Å². The number of halogens is 3. The van der Waals surface area contributed by atoms with E-state index in [-0.39, 0.29) is 18.0 Å². The lowest BCUT2D eigenvalue weighted by Gasteiger charge is -2.18. The van der Waals surface area contributed by atoms with Crippen molar-refractivity contribution in [3.8, 4) is 11.1 Å². The van der Waals surface area contributed by atoms with Crippen molar-refractivity contribution in [1.29, 1.82) is 0 Å². The molecule has 0 aliphatic rings. The van der Waals surface area contributed by atoms with Crippen LogP contribution in [0, 0.1) is 6.92 Å². The molecular formula is C23H21F3N6O2. The number of aromatic nitrogens is 4. The van der Waals surface area contributed by atoms with E-state index in [9.17, 15) is 22.8 Å². The second-order valence-electron chi connectivity index (χ2n) is 7.65. The van der Waals surface area contributed by atoms with Crippen LogP contribution in [0.1, 0.15) is 24.0 Å². The minimum atomic E-state index is -4.47. The van der Waals surface area contributed by atoms with Crippen LogP contribution < -0.4 is 16.6 Å². The molecule has 4 aromatic rings. The summed E-state index contributed by atoms with van der Waals surface area (Å²) in [5.74, 6) is 0.0158. The van der Waals surface area contributed by atoms with Gasteiger partial charge in [0.2, 0.25) is 11.7 Å². The molecule has 0 aliphatic carbocycles. The summed E-state index contributed by atoms with van der Waals surface area (Å²) in [6.07, 6.45) is -4.09. The number of hydrogen-bond acceptors (Lipinski definition) is 5. The van der Waals surface area contributed by atoms with Gasteiger partial charge in [-0.2, -0.15) is 22.7 Å². The van der Waals surface area contributed by atoms with Gasteiger partial charge < -0.3 is 15.6 Å². The molecule has 0 spiro atoms. The van der Waals surface area contributed by atoms with Gasteiger partial charge in [0.15, 0.2) is 0 Å². The number of carbonyl (C=O) groups excluding carboxylic acids is 1. The minimum absolute atomic E-state index is 0.181. The molecule has 0 saturated heterocycles. The molecule has 0 atom stereocenters. The van der Waals surface area contributed by atoms with Crippen LogP contribution in [0.3, 0.4) is 0 Å². The number of benzene rings is 2. The Morgan fingerprint density at radius 2 is 1.79 bits per heavy atom. The topological polar surface area (TPSA) is 107 Å². The lowest BCUT2D eigenvalue weighted by molar-refractivity contribution is -0.137. The van der Waals surface area contributed by atoms with Gasteiger partial charge >= 0.3 is 6.18 Å². The van der Waals surface area contributed by atoms with Gasteiger partial charge in [0.05, 0.1) is 11.1 Å². The van der Waals surface area contributed by atoms with Crippen LogP contribution in [0.5, 0.6) is 0 Å². The second kappa shape index (κ2) is 8.65. The molecule has 176 valence electrons. The van der Waals surface area contributed by atoms with E-state index in [1.54, 1.807) is 35.8 Å². The number of aryl methyl sites for hydroxylation is 1. The first-order chi connectivity index (χ1) is 16.1. The first kappa shape index (κ1) is 23.0. The maximum absolute atomic E-state index is 13.3. The molecule has 0 saturated carbocycles. The summed E-state index contributed by atoms with van der Waals surface area (Å²) in [4.78, 5) is 30.5. The third-order valence-electron chi connectivity index (χ3n) is 5.32.